The lowest BCUT2D eigenvalue weighted by Gasteiger charge is -2.12. The first-order valence-electron chi connectivity index (χ1n) is 6.29. The molecule has 0 amide bonds. The fraction of sp³-hybridized carbons (Fsp3) is 0.545. The van der Waals surface area contributed by atoms with Crippen LogP contribution in [0.25, 0.3) is 11.2 Å². The summed E-state index contributed by atoms with van der Waals surface area (Å²) in [6, 6.07) is -0.153. The highest BCUT2D eigenvalue weighted by molar-refractivity contribution is 7.91. The number of fused-ring (bicyclic) bond motifs is 1. The zero-order valence-electron chi connectivity index (χ0n) is 11.3. The highest BCUT2D eigenvalue weighted by Gasteiger charge is 2.29. The van der Waals surface area contributed by atoms with Crippen LogP contribution < -0.4 is 11.1 Å². The van der Waals surface area contributed by atoms with Crippen molar-refractivity contribution in [3.8, 4) is 0 Å². The van der Waals surface area contributed by atoms with Crippen LogP contribution in [0.2, 0.25) is 0 Å². The standard InChI is InChI=1S/C11H16N6O2S/c1-6-13-8-9(14-7-3-4-20(18,19)5-7)15-11(12)16-10(8)17(6)2/h7H,3-5H2,1-2H3,(H3,12,14,15,16)/t7-/m1/s1. The maximum Gasteiger partial charge on any atom is 0.224 e. The van der Waals surface area contributed by atoms with E-state index in [9.17, 15) is 8.42 Å². The number of aryl methyl sites for hydroxylation is 2. The van der Waals surface area contributed by atoms with Crippen LogP contribution in [0.15, 0.2) is 0 Å². The molecule has 1 saturated heterocycles. The first-order valence-corrected chi connectivity index (χ1v) is 8.11. The predicted molar refractivity (Wildman–Crippen MR) is 76.1 cm³/mol. The van der Waals surface area contributed by atoms with Crippen molar-refractivity contribution in [3.05, 3.63) is 5.82 Å². The topological polar surface area (TPSA) is 116 Å². The molecule has 0 unspecified atom stereocenters. The summed E-state index contributed by atoms with van der Waals surface area (Å²) in [7, 11) is -1.10. The molecular weight excluding hydrogens is 280 g/mol. The predicted octanol–water partition coefficient (Wildman–Crippen LogP) is -0.147. The number of nitrogens with zero attached hydrogens (tertiary/aromatic N) is 4. The average molecular weight is 296 g/mol. The van der Waals surface area contributed by atoms with Crippen molar-refractivity contribution >= 4 is 32.8 Å². The van der Waals surface area contributed by atoms with Gasteiger partial charge in [-0.2, -0.15) is 9.97 Å². The molecule has 8 nitrogen and oxygen atoms in total. The van der Waals surface area contributed by atoms with Crippen LogP contribution in [-0.2, 0) is 16.9 Å². The fourth-order valence-electron chi connectivity index (χ4n) is 2.39. The summed E-state index contributed by atoms with van der Waals surface area (Å²) in [4.78, 5) is 12.7. The molecule has 0 spiro atoms. The van der Waals surface area contributed by atoms with E-state index in [2.05, 4.69) is 20.3 Å². The Kier molecular flexibility index (Phi) is 2.82. The molecule has 2 aromatic heterocycles. The third-order valence-electron chi connectivity index (χ3n) is 3.53. The number of nitrogen functional groups attached to an aromatic ring is 1. The van der Waals surface area contributed by atoms with Crippen molar-refractivity contribution in [2.75, 3.05) is 22.6 Å². The number of aromatic nitrogens is 4. The van der Waals surface area contributed by atoms with E-state index >= 15 is 0 Å². The highest BCUT2D eigenvalue weighted by Crippen LogP contribution is 2.24. The molecule has 1 atom stereocenters. The SMILES string of the molecule is Cc1nc2c(N[C@@H]3CCS(=O)(=O)C3)nc(N)nc2n1C. The molecule has 0 aromatic carbocycles. The molecule has 1 aliphatic heterocycles. The number of hydrogen-bond acceptors (Lipinski definition) is 7. The largest absolute Gasteiger partial charge is 0.368 e. The Labute approximate surface area is 116 Å². The molecule has 0 aliphatic carbocycles. The van der Waals surface area contributed by atoms with Gasteiger partial charge in [0, 0.05) is 13.1 Å². The van der Waals surface area contributed by atoms with Crippen LogP contribution in [0.4, 0.5) is 11.8 Å². The van der Waals surface area contributed by atoms with Crippen molar-refractivity contribution in [1.82, 2.24) is 19.5 Å². The number of rotatable bonds is 2. The molecule has 9 heteroatoms. The van der Waals surface area contributed by atoms with Gasteiger partial charge in [0.05, 0.1) is 11.5 Å². The minimum atomic E-state index is -2.94. The lowest BCUT2D eigenvalue weighted by atomic mass is 10.2. The Morgan fingerprint density at radius 3 is 2.75 bits per heavy atom. The number of nitrogens with one attached hydrogen (secondary N) is 1. The van der Waals surface area contributed by atoms with E-state index in [-0.39, 0.29) is 23.5 Å². The van der Waals surface area contributed by atoms with Crippen LogP contribution in [0, 0.1) is 6.92 Å². The summed E-state index contributed by atoms with van der Waals surface area (Å²) < 4.78 is 24.8. The van der Waals surface area contributed by atoms with Gasteiger partial charge < -0.3 is 15.6 Å². The summed E-state index contributed by atoms with van der Waals surface area (Å²) in [5, 5.41) is 3.13. The van der Waals surface area contributed by atoms with Crippen LogP contribution >= 0.6 is 0 Å². The van der Waals surface area contributed by atoms with Crippen molar-refractivity contribution < 1.29 is 8.42 Å². The zero-order chi connectivity index (χ0) is 14.5. The molecule has 0 saturated carbocycles. The maximum atomic E-state index is 11.5. The summed E-state index contributed by atoms with van der Waals surface area (Å²) in [6.45, 7) is 1.86. The molecule has 0 bridgehead atoms. The van der Waals surface area contributed by atoms with Gasteiger partial charge in [0.1, 0.15) is 5.82 Å². The second kappa shape index (κ2) is 4.30. The Hall–Kier alpha value is -1.90. The lowest BCUT2D eigenvalue weighted by Crippen LogP contribution is -2.22. The summed E-state index contributed by atoms with van der Waals surface area (Å²) in [6.07, 6.45) is 0.569. The number of anilines is 2. The van der Waals surface area contributed by atoms with Crippen molar-refractivity contribution in [1.29, 1.82) is 0 Å². The van der Waals surface area contributed by atoms with E-state index in [1.54, 1.807) is 0 Å². The molecule has 1 fully saturated rings. The molecule has 3 heterocycles. The van der Waals surface area contributed by atoms with Crippen LogP contribution in [0.3, 0.4) is 0 Å². The fourth-order valence-corrected chi connectivity index (χ4v) is 4.06. The van der Waals surface area contributed by atoms with E-state index in [1.165, 1.54) is 0 Å². The Bertz CT molecular complexity index is 782. The van der Waals surface area contributed by atoms with Crippen LogP contribution in [-0.4, -0.2) is 45.5 Å². The highest BCUT2D eigenvalue weighted by atomic mass is 32.2. The third kappa shape index (κ3) is 2.17. The van der Waals surface area contributed by atoms with Gasteiger partial charge in [-0.05, 0) is 13.3 Å². The summed E-state index contributed by atoms with van der Waals surface area (Å²) in [5.41, 5.74) is 6.96. The number of sulfone groups is 1. The first-order chi connectivity index (χ1) is 9.35. The molecule has 20 heavy (non-hydrogen) atoms. The van der Waals surface area contributed by atoms with Crippen LogP contribution in [0.1, 0.15) is 12.2 Å². The van der Waals surface area contributed by atoms with Crippen molar-refractivity contribution in [2.45, 2.75) is 19.4 Å². The van der Waals surface area contributed by atoms with E-state index in [4.69, 9.17) is 5.73 Å². The zero-order valence-corrected chi connectivity index (χ0v) is 12.1. The minimum absolute atomic E-state index is 0.115. The Morgan fingerprint density at radius 2 is 2.10 bits per heavy atom. The van der Waals surface area contributed by atoms with Crippen molar-refractivity contribution in [3.63, 3.8) is 0 Å². The average Bonchev–Trinajstić information content (AvgIpc) is 2.83. The van der Waals surface area contributed by atoms with Gasteiger partial charge in [-0.1, -0.05) is 0 Å². The number of nitrogens with two attached hydrogens (primary N) is 1. The maximum absolute atomic E-state index is 11.5. The van der Waals surface area contributed by atoms with Gasteiger partial charge in [-0.25, -0.2) is 13.4 Å². The van der Waals surface area contributed by atoms with E-state index in [0.29, 0.717) is 23.4 Å². The van der Waals surface area contributed by atoms with Gasteiger partial charge in [0.15, 0.2) is 26.8 Å². The Morgan fingerprint density at radius 1 is 1.35 bits per heavy atom. The van der Waals surface area contributed by atoms with E-state index in [0.717, 1.165) is 5.82 Å². The molecule has 1 aliphatic rings. The van der Waals surface area contributed by atoms with Gasteiger partial charge >= 0.3 is 0 Å². The second-order valence-corrected chi connectivity index (χ2v) is 7.29. The van der Waals surface area contributed by atoms with E-state index in [1.807, 2.05) is 18.5 Å². The molecular formula is C11H16N6O2S. The van der Waals surface area contributed by atoms with Crippen LogP contribution in [0.5, 0.6) is 0 Å². The number of hydrogen-bond donors (Lipinski definition) is 2. The lowest BCUT2D eigenvalue weighted by molar-refractivity contribution is 0.602. The summed E-state index contributed by atoms with van der Waals surface area (Å²) in [5.74, 6) is 1.75. The van der Waals surface area contributed by atoms with E-state index < -0.39 is 9.84 Å². The first kappa shape index (κ1) is 13.1. The molecule has 2 aromatic rings. The molecule has 3 N–H and O–H groups in total. The minimum Gasteiger partial charge on any atom is -0.368 e. The normalized spacial score (nSPS) is 21.4. The third-order valence-corrected chi connectivity index (χ3v) is 5.30. The van der Waals surface area contributed by atoms with Gasteiger partial charge in [0.25, 0.3) is 0 Å². The quantitative estimate of drug-likeness (QED) is 0.791. The summed E-state index contributed by atoms with van der Waals surface area (Å²) >= 11 is 0. The molecule has 108 valence electrons. The second-order valence-electron chi connectivity index (χ2n) is 5.06. The van der Waals surface area contributed by atoms with Gasteiger partial charge in [0.2, 0.25) is 5.95 Å². The van der Waals surface area contributed by atoms with Crippen molar-refractivity contribution in [2.24, 2.45) is 7.05 Å². The van der Waals surface area contributed by atoms with Gasteiger partial charge in [-0.15, -0.1) is 0 Å². The smallest absolute Gasteiger partial charge is 0.224 e. The number of imidazole rings is 1. The molecule has 3 rings (SSSR count). The monoisotopic (exact) mass is 296 g/mol. The van der Waals surface area contributed by atoms with Gasteiger partial charge in [-0.3, -0.25) is 0 Å². The Balaban J connectivity index is 2.01. The molecule has 0 radical (unpaired) electrons.